The van der Waals surface area contributed by atoms with E-state index in [1.165, 1.54) is 17.8 Å². The Labute approximate surface area is 148 Å². The molecule has 3 N–H and O–H groups in total. The number of anilines is 1. The number of carboxylic acid groups (broad SMARTS) is 1. The van der Waals surface area contributed by atoms with Crippen molar-refractivity contribution in [2.45, 2.75) is 29.3 Å². The summed E-state index contributed by atoms with van der Waals surface area (Å²) >= 11 is 1.22. The Balaban J connectivity index is 0.000000970. The molecule has 0 spiro atoms. The summed E-state index contributed by atoms with van der Waals surface area (Å²) in [5.41, 5.74) is 5.58. The molecule has 2 aromatic carbocycles. The van der Waals surface area contributed by atoms with Crippen molar-refractivity contribution in [2.24, 2.45) is 0 Å². The topological polar surface area (TPSA) is 63.3 Å². The lowest BCUT2D eigenvalue weighted by atomic mass is 10.2. The second-order valence-corrected chi connectivity index (χ2v) is 6.09. The predicted molar refractivity (Wildman–Crippen MR) is 93.6 cm³/mol. The molecule has 0 amide bonds. The number of rotatable bonds is 4. The Kier molecular flexibility index (Phi) is 7.57. The molecule has 0 aliphatic rings. The zero-order valence-electron chi connectivity index (χ0n) is 13.5. The van der Waals surface area contributed by atoms with Crippen molar-refractivity contribution in [3.05, 3.63) is 66.2 Å². The third-order valence-electron chi connectivity index (χ3n) is 2.84. The van der Waals surface area contributed by atoms with Gasteiger partial charge in [-0.1, -0.05) is 30.0 Å². The molecule has 0 aliphatic heterocycles. The molecule has 2 rings (SSSR count). The quantitative estimate of drug-likeness (QED) is 0.570. The SMILES string of the molecule is C=CC.Nc1cc(C(F)(F)F)ccc1Sc1ccc(CC(=O)O)cc1. The normalized spacial score (nSPS) is 10.6. The Morgan fingerprint density at radius 3 is 2.24 bits per heavy atom. The third kappa shape index (κ3) is 6.93. The minimum atomic E-state index is -4.42. The Morgan fingerprint density at radius 2 is 1.80 bits per heavy atom. The molecule has 3 nitrogen and oxygen atoms in total. The summed E-state index contributed by atoms with van der Waals surface area (Å²) in [4.78, 5) is 11.9. The van der Waals surface area contributed by atoms with Crippen LogP contribution in [0.1, 0.15) is 18.1 Å². The first-order chi connectivity index (χ1) is 11.7. The summed E-state index contributed by atoms with van der Waals surface area (Å²) in [6.07, 6.45) is -2.75. The Morgan fingerprint density at radius 1 is 1.24 bits per heavy atom. The highest BCUT2D eigenvalue weighted by Crippen LogP contribution is 2.36. The van der Waals surface area contributed by atoms with E-state index in [4.69, 9.17) is 10.8 Å². The van der Waals surface area contributed by atoms with Gasteiger partial charge in [0.1, 0.15) is 0 Å². The molecule has 0 fully saturated rings. The molecular formula is C18H18F3NO2S. The molecular weight excluding hydrogens is 351 g/mol. The number of nitrogens with two attached hydrogens (primary N) is 1. The molecule has 0 saturated heterocycles. The number of halogens is 3. The van der Waals surface area contributed by atoms with Crippen LogP contribution in [-0.4, -0.2) is 11.1 Å². The van der Waals surface area contributed by atoms with Crippen molar-refractivity contribution in [3.8, 4) is 0 Å². The molecule has 2 aromatic rings. The maximum Gasteiger partial charge on any atom is 0.416 e. The molecule has 0 aliphatic carbocycles. The number of hydrogen-bond donors (Lipinski definition) is 2. The van der Waals surface area contributed by atoms with Crippen molar-refractivity contribution < 1.29 is 23.1 Å². The lowest BCUT2D eigenvalue weighted by molar-refractivity contribution is -0.138. The molecule has 0 atom stereocenters. The van der Waals surface area contributed by atoms with Crippen LogP contribution in [0.5, 0.6) is 0 Å². The van der Waals surface area contributed by atoms with Gasteiger partial charge in [-0.2, -0.15) is 13.2 Å². The van der Waals surface area contributed by atoms with Gasteiger partial charge in [-0.15, -0.1) is 6.58 Å². The number of aliphatic carboxylic acids is 1. The van der Waals surface area contributed by atoms with E-state index >= 15 is 0 Å². The molecule has 7 heteroatoms. The van der Waals surface area contributed by atoms with Gasteiger partial charge in [0.25, 0.3) is 0 Å². The molecule has 25 heavy (non-hydrogen) atoms. The Bertz CT molecular complexity index is 728. The highest BCUT2D eigenvalue weighted by molar-refractivity contribution is 7.99. The van der Waals surface area contributed by atoms with Crippen LogP contribution >= 0.6 is 11.8 Å². The van der Waals surface area contributed by atoms with E-state index in [0.717, 1.165) is 17.0 Å². The highest BCUT2D eigenvalue weighted by atomic mass is 32.2. The number of hydrogen-bond acceptors (Lipinski definition) is 3. The monoisotopic (exact) mass is 369 g/mol. The summed E-state index contributed by atoms with van der Waals surface area (Å²) in [6, 6.07) is 9.96. The predicted octanol–water partition coefficient (Wildman–Crippen LogP) is 5.26. The van der Waals surface area contributed by atoms with Crippen LogP contribution in [0.3, 0.4) is 0 Å². The van der Waals surface area contributed by atoms with Gasteiger partial charge in [0, 0.05) is 15.5 Å². The zero-order chi connectivity index (χ0) is 19.0. The standard InChI is InChI=1S/C15H12F3NO2S.C3H6/c16-15(17,18)10-3-6-13(12(19)8-10)22-11-4-1-9(2-5-11)7-14(20)21;1-3-2/h1-6,8H,7,19H2,(H,20,21);3H,1H2,2H3. The molecule has 0 radical (unpaired) electrons. The summed E-state index contributed by atoms with van der Waals surface area (Å²) in [5, 5.41) is 8.69. The lowest BCUT2D eigenvalue weighted by Crippen LogP contribution is -2.05. The molecule has 0 bridgehead atoms. The number of nitrogen functional groups attached to an aromatic ring is 1. The van der Waals surface area contributed by atoms with Crippen LogP contribution in [-0.2, 0) is 17.4 Å². The fraction of sp³-hybridized carbons (Fsp3) is 0.167. The van der Waals surface area contributed by atoms with Crippen molar-refractivity contribution >= 4 is 23.4 Å². The first-order valence-electron chi connectivity index (χ1n) is 7.19. The maximum absolute atomic E-state index is 12.6. The highest BCUT2D eigenvalue weighted by Gasteiger charge is 2.30. The summed E-state index contributed by atoms with van der Waals surface area (Å²) in [7, 11) is 0. The van der Waals surface area contributed by atoms with Crippen LogP contribution in [0.2, 0.25) is 0 Å². The van der Waals surface area contributed by atoms with Gasteiger partial charge in [0.2, 0.25) is 0 Å². The second-order valence-electron chi connectivity index (χ2n) is 4.98. The Hall–Kier alpha value is -2.41. The number of benzene rings is 2. The van der Waals surface area contributed by atoms with Gasteiger partial charge in [-0.25, -0.2) is 0 Å². The van der Waals surface area contributed by atoms with Gasteiger partial charge in [0.05, 0.1) is 12.0 Å². The van der Waals surface area contributed by atoms with E-state index in [1.807, 2.05) is 6.92 Å². The summed E-state index contributed by atoms with van der Waals surface area (Å²) < 4.78 is 37.7. The molecule has 0 aromatic heterocycles. The second kappa shape index (κ2) is 9.17. The summed E-state index contributed by atoms with van der Waals surface area (Å²) in [5.74, 6) is -0.924. The van der Waals surface area contributed by atoms with E-state index in [0.29, 0.717) is 10.5 Å². The molecule has 134 valence electrons. The number of carboxylic acids is 1. The first-order valence-corrected chi connectivity index (χ1v) is 8.01. The van der Waals surface area contributed by atoms with Gasteiger partial charge in [0.15, 0.2) is 0 Å². The molecule has 0 heterocycles. The zero-order valence-corrected chi connectivity index (χ0v) is 14.3. The van der Waals surface area contributed by atoms with Crippen LogP contribution in [0.4, 0.5) is 18.9 Å². The lowest BCUT2D eigenvalue weighted by Gasteiger charge is -2.10. The van der Waals surface area contributed by atoms with Crippen molar-refractivity contribution in [1.82, 2.24) is 0 Å². The van der Waals surface area contributed by atoms with Gasteiger partial charge >= 0.3 is 12.1 Å². The first kappa shape index (κ1) is 20.6. The largest absolute Gasteiger partial charge is 0.481 e. The van der Waals surface area contributed by atoms with Crippen LogP contribution in [0, 0.1) is 0 Å². The average molecular weight is 369 g/mol. The summed E-state index contributed by atoms with van der Waals surface area (Å²) in [6.45, 7) is 5.25. The van der Waals surface area contributed by atoms with Gasteiger partial charge in [-0.3, -0.25) is 4.79 Å². The van der Waals surface area contributed by atoms with Crippen LogP contribution in [0.15, 0.2) is 64.9 Å². The molecule has 0 saturated carbocycles. The average Bonchev–Trinajstić information content (AvgIpc) is 2.50. The fourth-order valence-corrected chi connectivity index (χ4v) is 2.63. The molecule has 0 unspecified atom stereocenters. The van der Waals surface area contributed by atoms with Crippen molar-refractivity contribution in [1.29, 1.82) is 0 Å². The third-order valence-corrected chi connectivity index (χ3v) is 3.94. The van der Waals surface area contributed by atoms with E-state index in [9.17, 15) is 18.0 Å². The van der Waals surface area contributed by atoms with Crippen LogP contribution < -0.4 is 5.73 Å². The van der Waals surface area contributed by atoms with Gasteiger partial charge in [-0.05, 0) is 42.8 Å². The van der Waals surface area contributed by atoms with E-state index in [-0.39, 0.29) is 12.1 Å². The smallest absolute Gasteiger partial charge is 0.416 e. The van der Waals surface area contributed by atoms with E-state index < -0.39 is 17.7 Å². The van der Waals surface area contributed by atoms with Crippen LogP contribution in [0.25, 0.3) is 0 Å². The number of alkyl halides is 3. The van der Waals surface area contributed by atoms with E-state index in [1.54, 1.807) is 30.3 Å². The fourth-order valence-electron chi connectivity index (χ4n) is 1.79. The van der Waals surface area contributed by atoms with E-state index in [2.05, 4.69) is 6.58 Å². The van der Waals surface area contributed by atoms with Crippen molar-refractivity contribution in [3.63, 3.8) is 0 Å². The minimum absolute atomic E-state index is 0.0504. The van der Waals surface area contributed by atoms with Gasteiger partial charge < -0.3 is 10.8 Å². The minimum Gasteiger partial charge on any atom is -0.481 e. The number of carbonyl (C=O) groups is 1. The number of allylic oxidation sites excluding steroid dienone is 1. The van der Waals surface area contributed by atoms with Crippen molar-refractivity contribution in [2.75, 3.05) is 5.73 Å². The maximum atomic E-state index is 12.6.